The first kappa shape index (κ1) is 7.68. The number of ether oxygens (including phenoxy) is 1. The Hall–Kier alpha value is -0.422. The predicted octanol–water partition coefficient (Wildman–Crippen LogP) is 0.828. The average Bonchev–Trinajstić information content (AvgIpc) is 2.05. The summed E-state index contributed by atoms with van der Waals surface area (Å²) >= 11 is 1.73. The quantitative estimate of drug-likeness (QED) is 0.639. The van der Waals surface area contributed by atoms with Crippen molar-refractivity contribution in [3.05, 3.63) is 29.8 Å². The van der Waals surface area contributed by atoms with Crippen LogP contribution in [0, 0.1) is 0 Å². The summed E-state index contributed by atoms with van der Waals surface area (Å²) in [6.07, 6.45) is 0. The van der Waals surface area contributed by atoms with Crippen LogP contribution in [0.4, 0.5) is 0 Å². The third-order valence-corrected chi connectivity index (χ3v) is 2.38. The number of hydrogen-bond donors (Lipinski definition) is 0. The van der Waals surface area contributed by atoms with Gasteiger partial charge in [-0.25, -0.2) is 0 Å². The molecule has 0 fully saturated rings. The molecule has 0 aliphatic carbocycles. The molecular formula is C8H11AsO. The van der Waals surface area contributed by atoms with Gasteiger partial charge in [-0.2, -0.15) is 0 Å². The summed E-state index contributed by atoms with van der Waals surface area (Å²) in [4.78, 5) is 0. The van der Waals surface area contributed by atoms with Gasteiger partial charge in [-0.15, -0.1) is 0 Å². The summed E-state index contributed by atoms with van der Waals surface area (Å²) in [7, 11) is 1.69. The van der Waals surface area contributed by atoms with Gasteiger partial charge in [-0.3, -0.25) is 0 Å². The van der Waals surface area contributed by atoms with Crippen molar-refractivity contribution in [3.63, 3.8) is 0 Å². The van der Waals surface area contributed by atoms with Crippen molar-refractivity contribution in [1.82, 2.24) is 0 Å². The molecule has 1 atom stereocenters. The second kappa shape index (κ2) is 3.68. The van der Waals surface area contributed by atoms with Gasteiger partial charge in [0.1, 0.15) is 0 Å². The third-order valence-electron chi connectivity index (χ3n) is 1.39. The van der Waals surface area contributed by atoms with Gasteiger partial charge in [-0.05, 0) is 0 Å². The van der Waals surface area contributed by atoms with E-state index in [1.165, 1.54) is 5.56 Å². The first-order valence-electron chi connectivity index (χ1n) is 3.20. The van der Waals surface area contributed by atoms with E-state index >= 15 is 0 Å². The van der Waals surface area contributed by atoms with Crippen LogP contribution in [-0.2, 0) is 5.21 Å². The van der Waals surface area contributed by atoms with E-state index in [0.29, 0.717) is 0 Å². The molecule has 0 N–H and O–H groups in total. The fourth-order valence-corrected chi connectivity index (χ4v) is 1.33. The van der Waals surface area contributed by atoms with Crippen LogP contribution in [0.2, 0.25) is 0 Å². The Balaban J connectivity index is 2.80. The molecule has 1 rings (SSSR count). The van der Waals surface area contributed by atoms with E-state index in [1.807, 2.05) is 12.1 Å². The maximum atomic E-state index is 5.02. The van der Waals surface area contributed by atoms with E-state index in [9.17, 15) is 0 Å². The molecule has 0 heterocycles. The first-order valence-corrected chi connectivity index (χ1v) is 4.91. The van der Waals surface area contributed by atoms with E-state index in [4.69, 9.17) is 4.74 Å². The van der Waals surface area contributed by atoms with Gasteiger partial charge >= 0.3 is 69.5 Å². The molecule has 0 radical (unpaired) electrons. The number of benzene rings is 1. The normalized spacial score (nSPS) is 9.40. The van der Waals surface area contributed by atoms with E-state index < -0.39 is 0 Å². The number of methoxy groups -OCH3 is 1. The van der Waals surface area contributed by atoms with Crippen LogP contribution >= 0.6 is 0 Å². The Labute approximate surface area is 69.9 Å². The Morgan fingerprint density at radius 2 is 1.90 bits per heavy atom. The molecular weight excluding hydrogens is 187 g/mol. The summed E-state index contributed by atoms with van der Waals surface area (Å²) in [5.41, 5.74) is 1.38. The van der Waals surface area contributed by atoms with Crippen LogP contribution in [0.1, 0.15) is 5.56 Å². The molecule has 2 heteroatoms. The van der Waals surface area contributed by atoms with Crippen molar-refractivity contribution in [2.24, 2.45) is 0 Å². The third kappa shape index (κ3) is 1.78. The van der Waals surface area contributed by atoms with Crippen molar-refractivity contribution < 1.29 is 4.74 Å². The fraction of sp³-hybridized carbons (Fsp3) is 0.250. The SMILES string of the molecule is COc1ccc(C[AsH2])cc1. The van der Waals surface area contributed by atoms with Crippen molar-refractivity contribution >= 4 is 16.9 Å². The van der Waals surface area contributed by atoms with Crippen LogP contribution in [0.5, 0.6) is 5.75 Å². The van der Waals surface area contributed by atoms with E-state index in [1.54, 1.807) is 24.0 Å². The zero-order valence-corrected chi connectivity index (χ0v) is 8.42. The summed E-state index contributed by atoms with van der Waals surface area (Å²) in [5, 5.41) is 1.15. The van der Waals surface area contributed by atoms with Crippen molar-refractivity contribution in [2.45, 2.75) is 5.21 Å². The molecule has 54 valence electrons. The predicted molar refractivity (Wildman–Crippen MR) is 45.2 cm³/mol. The molecule has 0 spiro atoms. The molecule has 1 aromatic rings. The summed E-state index contributed by atoms with van der Waals surface area (Å²) in [6, 6.07) is 8.19. The van der Waals surface area contributed by atoms with E-state index in [0.717, 1.165) is 11.0 Å². The summed E-state index contributed by atoms with van der Waals surface area (Å²) in [5.74, 6) is 0.935. The van der Waals surface area contributed by atoms with Gasteiger partial charge in [0.25, 0.3) is 0 Å². The first-order chi connectivity index (χ1) is 4.86. The molecule has 0 aliphatic heterocycles. The topological polar surface area (TPSA) is 9.23 Å². The van der Waals surface area contributed by atoms with Gasteiger partial charge in [-0.1, -0.05) is 0 Å². The van der Waals surface area contributed by atoms with Crippen LogP contribution in [0.3, 0.4) is 0 Å². The average molecular weight is 198 g/mol. The zero-order chi connectivity index (χ0) is 7.40. The van der Waals surface area contributed by atoms with Gasteiger partial charge < -0.3 is 0 Å². The molecule has 0 aliphatic rings. The van der Waals surface area contributed by atoms with Crippen molar-refractivity contribution in [1.29, 1.82) is 0 Å². The van der Waals surface area contributed by atoms with Gasteiger partial charge in [0.2, 0.25) is 0 Å². The molecule has 0 aromatic heterocycles. The van der Waals surface area contributed by atoms with E-state index in [2.05, 4.69) is 12.1 Å². The van der Waals surface area contributed by atoms with Gasteiger partial charge in [0, 0.05) is 0 Å². The van der Waals surface area contributed by atoms with Crippen LogP contribution in [-0.4, -0.2) is 24.0 Å². The molecule has 1 nitrogen and oxygen atoms in total. The monoisotopic (exact) mass is 198 g/mol. The molecule has 0 saturated carbocycles. The van der Waals surface area contributed by atoms with Crippen molar-refractivity contribution in [2.75, 3.05) is 7.11 Å². The standard InChI is InChI=1S/C8H11AsO/c1-10-8-4-2-7(6-9)3-5-8/h2-5H,6,9H2,1H3. The summed E-state index contributed by atoms with van der Waals surface area (Å²) in [6.45, 7) is 0. The maximum absolute atomic E-state index is 5.02. The Morgan fingerprint density at radius 3 is 2.30 bits per heavy atom. The number of rotatable bonds is 2. The Bertz CT molecular complexity index is 170. The molecule has 0 amide bonds. The minimum atomic E-state index is 0.935. The van der Waals surface area contributed by atoms with Crippen molar-refractivity contribution in [3.8, 4) is 5.75 Å². The summed E-state index contributed by atoms with van der Waals surface area (Å²) < 4.78 is 5.02. The molecule has 0 bridgehead atoms. The minimum absolute atomic E-state index is 0.935. The second-order valence-corrected chi connectivity index (χ2v) is 2.91. The molecule has 1 aromatic carbocycles. The van der Waals surface area contributed by atoms with Gasteiger partial charge in [0.05, 0.1) is 0 Å². The van der Waals surface area contributed by atoms with Crippen LogP contribution in [0.15, 0.2) is 24.3 Å². The Kier molecular flexibility index (Phi) is 2.82. The zero-order valence-electron chi connectivity index (χ0n) is 6.00. The van der Waals surface area contributed by atoms with E-state index in [-0.39, 0.29) is 0 Å². The van der Waals surface area contributed by atoms with Crippen LogP contribution < -0.4 is 4.74 Å². The second-order valence-electron chi connectivity index (χ2n) is 2.05. The Morgan fingerprint density at radius 1 is 1.30 bits per heavy atom. The molecule has 1 unspecified atom stereocenters. The molecule has 0 saturated heterocycles. The molecule has 10 heavy (non-hydrogen) atoms. The fourth-order valence-electron chi connectivity index (χ4n) is 0.762. The van der Waals surface area contributed by atoms with Gasteiger partial charge in [0.15, 0.2) is 0 Å². The number of hydrogen-bond acceptors (Lipinski definition) is 1. The van der Waals surface area contributed by atoms with Crippen LogP contribution in [0.25, 0.3) is 0 Å².